The second kappa shape index (κ2) is 10.6. The number of hydrogen-bond acceptors (Lipinski definition) is 6. The van der Waals surface area contributed by atoms with E-state index >= 15 is 0 Å². The second-order valence-electron chi connectivity index (χ2n) is 6.98. The highest BCUT2D eigenvalue weighted by Gasteiger charge is 2.32. The second-order valence-corrected chi connectivity index (χ2v) is 8.92. The number of sulfonamides is 1. The van der Waals surface area contributed by atoms with Crippen molar-refractivity contribution in [2.75, 3.05) is 46.9 Å². The Hall–Kier alpha value is -2.33. The molecule has 0 saturated carbocycles. The first-order valence-electron chi connectivity index (χ1n) is 10.1. The highest BCUT2D eigenvalue weighted by Crippen LogP contribution is 2.31. The first kappa shape index (κ1) is 23.9. The van der Waals surface area contributed by atoms with Crippen LogP contribution in [0.4, 0.5) is 0 Å². The van der Waals surface area contributed by atoms with Gasteiger partial charge in [0.05, 0.1) is 25.7 Å². The predicted octanol–water partition coefficient (Wildman–Crippen LogP) is 1.09. The van der Waals surface area contributed by atoms with Crippen LogP contribution in [-0.4, -0.2) is 76.4 Å². The number of piperidine rings is 1. The summed E-state index contributed by atoms with van der Waals surface area (Å²) in [6, 6.07) is 4.47. The molecule has 1 N–H and O–H groups in total. The number of ether oxygens (including phenoxy) is 2. The van der Waals surface area contributed by atoms with Gasteiger partial charge in [-0.2, -0.15) is 4.31 Å². The van der Waals surface area contributed by atoms with E-state index in [2.05, 4.69) is 5.32 Å². The number of carbonyl (C=O) groups excluding carboxylic acids is 2. The molecule has 1 aliphatic rings. The van der Waals surface area contributed by atoms with E-state index in [9.17, 15) is 18.0 Å². The van der Waals surface area contributed by atoms with Crippen LogP contribution in [-0.2, 0) is 19.6 Å². The van der Waals surface area contributed by atoms with Crippen LogP contribution in [0.25, 0.3) is 0 Å². The average molecular weight is 442 g/mol. The van der Waals surface area contributed by atoms with Gasteiger partial charge in [-0.1, -0.05) is 0 Å². The Morgan fingerprint density at radius 2 is 1.70 bits per heavy atom. The van der Waals surface area contributed by atoms with Crippen LogP contribution in [0.15, 0.2) is 23.1 Å². The highest BCUT2D eigenvalue weighted by molar-refractivity contribution is 7.89. The van der Waals surface area contributed by atoms with Gasteiger partial charge in [-0.05, 0) is 38.8 Å². The summed E-state index contributed by atoms with van der Waals surface area (Å²) in [5, 5.41) is 2.69. The largest absolute Gasteiger partial charge is 0.493 e. The molecule has 1 aromatic carbocycles. The van der Waals surface area contributed by atoms with Crippen LogP contribution in [0.2, 0.25) is 0 Å². The predicted molar refractivity (Wildman–Crippen MR) is 112 cm³/mol. The number of methoxy groups -OCH3 is 2. The number of nitrogens with one attached hydrogen (secondary N) is 1. The zero-order valence-corrected chi connectivity index (χ0v) is 18.8. The van der Waals surface area contributed by atoms with Gasteiger partial charge >= 0.3 is 0 Å². The molecule has 0 atom stereocenters. The number of carbonyl (C=O) groups is 2. The first-order chi connectivity index (χ1) is 14.3. The van der Waals surface area contributed by atoms with Crippen LogP contribution in [0.1, 0.15) is 26.7 Å². The third kappa shape index (κ3) is 5.42. The van der Waals surface area contributed by atoms with Gasteiger partial charge in [-0.25, -0.2) is 8.42 Å². The van der Waals surface area contributed by atoms with E-state index in [1.54, 1.807) is 11.0 Å². The summed E-state index contributed by atoms with van der Waals surface area (Å²) in [4.78, 5) is 26.2. The topological polar surface area (TPSA) is 105 Å². The summed E-state index contributed by atoms with van der Waals surface area (Å²) in [5.41, 5.74) is 0. The van der Waals surface area contributed by atoms with E-state index in [1.807, 2.05) is 13.8 Å². The number of benzene rings is 1. The zero-order chi connectivity index (χ0) is 22.3. The monoisotopic (exact) mass is 441 g/mol. The minimum absolute atomic E-state index is 0.0370. The van der Waals surface area contributed by atoms with Crippen LogP contribution >= 0.6 is 0 Å². The summed E-state index contributed by atoms with van der Waals surface area (Å²) >= 11 is 0. The Balaban J connectivity index is 1.96. The maximum atomic E-state index is 13.0. The number of rotatable bonds is 9. The molecule has 1 fully saturated rings. The smallest absolute Gasteiger partial charge is 0.243 e. The van der Waals surface area contributed by atoms with Crippen molar-refractivity contribution >= 4 is 21.8 Å². The van der Waals surface area contributed by atoms with Crippen molar-refractivity contribution in [3.05, 3.63) is 18.2 Å². The van der Waals surface area contributed by atoms with E-state index in [1.165, 1.54) is 30.7 Å². The number of amides is 2. The third-order valence-corrected chi connectivity index (χ3v) is 7.24. The van der Waals surface area contributed by atoms with Gasteiger partial charge in [0.1, 0.15) is 0 Å². The average Bonchev–Trinajstić information content (AvgIpc) is 2.77. The lowest BCUT2D eigenvalue weighted by Crippen LogP contribution is -2.45. The van der Waals surface area contributed by atoms with Crippen LogP contribution < -0.4 is 14.8 Å². The lowest BCUT2D eigenvalue weighted by Gasteiger charge is -2.30. The zero-order valence-electron chi connectivity index (χ0n) is 18.0. The molecule has 1 saturated heterocycles. The third-order valence-electron chi connectivity index (χ3n) is 5.35. The summed E-state index contributed by atoms with van der Waals surface area (Å²) < 4.78 is 37.7. The molecular weight excluding hydrogens is 410 g/mol. The molecule has 0 aromatic heterocycles. The highest BCUT2D eigenvalue weighted by atomic mass is 32.2. The van der Waals surface area contributed by atoms with Crippen molar-refractivity contribution in [1.82, 2.24) is 14.5 Å². The molecule has 1 heterocycles. The maximum absolute atomic E-state index is 13.0. The van der Waals surface area contributed by atoms with E-state index in [0.717, 1.165) is 0 Å². The quantitative estimate of drug-likeness (QED) is 0.615. The summed E-state index contributed by atoms with van der Waals surface area (Å²) in [7, 11) is -0.776. The van der Waals surface area contributed by atoms with Gasteiger partial charge in [0.25, 0.3) is 0 Å². The van der Waals surface area contributed by atoms with Crippen molar-refractivity contribution < 1.29 is 27.5 Å². The van der Waals surface area contributed by atoms with E-state index < -0.39 is 10.0 Å². The molecular formula is C20H31N3O6S. The van der Waals surface area contributed by atoms with E-state index in [4.69, 9.17) is 9.47 Å². The van der Waals surface area contributed by atoms with Crippen molar-refractivity contribution in [3.63, 3.8) is 0 Å². The normalized spacial score (nSPS) is 15.5. The minimum atomic E-state index is -3.71. The molecule has 0 spiro atoms. The van der Waals surface area contributed by atoms with Crippen molar-refractivity contribution in [1.29, 1.82) is 0 Å². The fraction of sp³-hybridized carbons (Fsp3) is 0.600. The number of likely N-dealkylation sites (N-methyl/N-ethyl adjacent to an activating group) is 1. The van der Waals surface area contributed by atoms with Gasteiger partial charge in [0, 0.05) is 38.2 Å². The van der Waals surface area contributed by atoms with Gasteiger partial charge in [-0.15, -0.1) is 0 Å². The van der Waals surface area contributed by atoms with Crippen LogP contribution in [0, 0.1) is 5.92 Å². The summed E-state index contributed by atoms with van der Waals surface area (Å²) in [5.74, 6) is 0.142. The molecule has 2 amide bonds. The van der Waals surface area contributed by atoms with Gasteiger partial charge in [0.15, 0.2) is 11.5 Å². The molecule has 30 heavy (non-hydrogen) atoms. The van der Waals surface area contributed by atoms with Crippen LogP contribution in [0.5, 0.6) is 11.5 Å². The Labute approximate surface area is 178 Å². The van der Waals surface area contributed by atoms with E-state index in [-0.39, 0.29) is 42.3 Å². The molecule has 10 heteroatoms. The first-order valence-corrected chi connectivity index (χ1v) is 11.5. The Morgan fingerprint density at radius 3 is 2.23 bits per heavy atom. The summed E-state index contributed by atoms with van der Waals surface area (Å²) in [6.07, 6.45) is 0.801. The van der Waals surface area contributed by atoms with Gasteiger partial charge in [0.2, 0.25) is 21.8 Å². The lowest BCUT2D eigenvalue weighted by atomic mass is 9.97. The molecule has 1 aromatic rings. The van der Waals surface area contributed by atoms with Crippen molar-refractivity contribution in [2.24, 2.45) is 5.92 Å². The molecule has 0 radical (unpaired) electrons. The van der Waals surface area contributed by atoms with Crippen LogP contribution in [0.3, 0.4) is 0 Å². The standard InChI is InChI=1S/C20H31N3O6S/c1-5-22(6-2)19(24)14-21-20(25)15-9-11-23(12-10-15)30(26,27)16-7-8-17(28-3)18(13-16)29-4/h7-8,13,15H,5-6,9-12,14H2,1-4H3,(H,21,25). The fourth-order valence-electron chi connectivity index (χ4n) is 3.48. The Morgan fingerprint density at radius 1 is 1.10 bits per heavy atom. The Bertz CT molecular complexity index is 846. The summed E-state index contributed by atoms with van der Waals surface area (Å²) in [6.45, 7) is 5.40. The SMILES string of the molecule is CCN(CC)C(=O)CNC(=O)C1CCN(S(=O)(=O)c2ccc(OC)c(OC)c2)CC1. The molecule has 168 valence electrons. The molecule has 1 aliphatic heterocycles. The van der Waals surface area contributed by atoms with Gasteiger partial charge < -0.3 is 19.7 Å². The van der Waals surface area contributed by atoms with Gasteiger partial charge in [-0.3, -0.25) is 9.59 Å². The fourth-order valence-corrected chi connectivity index (χ4v) is 4.97. The molecule has 0 bridgehead atoms. The number of hydrogen-bond donors (Lipinski definition) is 1. The minimum Gasteiger partial charge on any atom is -0.493 e. The molecule has 0 aliphatic carbocycles. The Kier molecular flexibility index (Phi) is 8.48. The molecule has 0 unspecified atom stereocenters. The lowest BCUT2D eigenvalue weighted by molar-refractivity contribution is -0.134. The van der Waals surface area contributed by atoms with E-state index in [0.29, 0.717) is 37.4 Å². The van der Waals surface area contributed by atoms with Crippen molar-refractivity contribution in [3.8, 4) is 11.5 Å². The molecule has 2 rings (SSSR count). The number of nitrogens with zero attached hydrogens (tertiary/aromatic N) is 2. The van der Waals surface area contributed by atoms with Crippen molar-refractivity contribution in [2.45, 2.75) is 31.6 Å². The maximum Gasteiger partial charge on any atom is 0.243 e. The molecule has 9 nitrogen and oxygen atoms in total.